The van der Waals surface area contributed by atoms with Gasteiger partial charge in [0, 0.05) is 31.3 Å². The van der Waals surface area contributed by atoms with Crippen LogP contribution in [0.1, 0.15) is 53.7 Å². The second-order valence-corrected chi connectivity index (χ2v) is 17.0. The molecule has 3 heterocycles. The van der Waals surface area contributed by atoms with Gasteiger partial charge in [0.25, 0.3) is 0 Å². The van der Waals surface area contributed by atoms with Crippen LogP contribution in [0.25, 0.3) is 11.2 Å². The van der Waals surface area contributed by atoms with Crippen molar-refractivity contribution in [3.05, 3.63) is 12.7 Å². The summed E-state index contributed by atoms with van der Waals surface area (Å²) in [5.41, 5.74) is 4.95. The quantitative estimate of drug-likeness (QED) is 0.0438. The highest BCUT2D eigenvalue weighted by molar-refractivity contribution is 7.61. The summed E-state index contributed by atoms with van der Waals surface area (Å²) in [6, 6.07) is 0. The van der Waals surface area contributed by atoms with Crippen molar-refractivity contribution < 1.29 is 80.5 Å². The maximum atomic E-state index is 12.7. The van der Waals surface area contributed by atoms with Crippen LogP contribution in [0.3, 0.4) is 0 Å². The normalized spacial score (nSPS) is 22.5. The lowest BCUT2D eigenvalue weighted by Crippen LogP contribution is -2.46. The number of oxime groups is 1. The van der Waals surface area contributed by atoms with Gasteiger partial charge in [-0.3, -0.25) is 27.7 Å². The van der Waals surface area contributed by atoms with Crippen LogP contribution in [0.15, 0.2) is 17.8 Å². The Bertz CT molecular complexity index is 1790. The molecule has 28 heteroatoms. The van der Waals surface area contributed by atoms with Gasteiger partial charge in [-0.15, -0.1) is 0 Å². The molecular weight excluding hydrogens is 789 g/mol. The number of aliphatic hydroxyl groups is 2. The molecule has 0 aromatic carbocycles. The Balaban J connectivity index is 1.52. The van der Waals surface area contributed by atoms with Gasteiger partial charge in [-0.25, -0.2) is 28.6 Å². The minimum absolute atomic E-state index is 0.0341. The molecule has 54 heavy (non-hydrogen) atoms. The first kappa shape index (κ1) is 45.4. The Kier molecular flexibility index (Phi) is 15.8. The van der Waals surface area contributed by atoms with E-state index in [1.54, 1.807) is 6.92 Å². The second kappa shape index (κ2) is 18.8. The Hall–Kier alpha value is -2.99. The maximum Gasteiger partial charge on any atom is 0.481 e. The summed E-state index contributed by atoms with van der Waals surface area (Å²) in [6.07, 6.45) is -6.49. The Morgan fingerprint density at radius 1 is 1.06 bits per heavy atom. The topological polar surface area (TPSA) is 368 Å². The van der Waals surface area contributed by atoms with E-state index in [0.29, 0.717) is 12.1 Å². The average Bonchev–Trinajstić information content (AvgIpc) is 3.61. The Labute approximate surface area is 308 Å². The highest BCUT2D eigenvalue weighted by Gasteiger charge is 2.50. The van der Waals surface area contributed by atoms with Gasteiger partial charge in [-0.2, -0.15) is 4.31 Å². The van der Waals surface area contributed by atoms with Crippen LogP contribution >= 0.6 is 23.5 Å². The molecule has 0 radical (unpaired) electrons. The summed E-state index contributed by atoms with van der Waals surface area (Å²) < 4.78 is 62.0. The lowest BCUT2D eigenvalue weighted by Gasteiger charge is -2.30. The molecule has 0 saturated carbocycles. The lowest BCUT2D eigenvalue weighted by molar-refractivity contribution is -0.137. The fourth-order valence-corrected chi connectivity index (χ4v) is 7.39. The van der Waals surface area contributed by atoms with Crippen molar-refractivity contribution in [2.45, 2.75) is 84.2 Å². The van der Waals surface area contributed by atoms with Gasteiger partial charge in [-0.1, -0.05) is 19.0 Å². The molecule has 1 fully saturated rings. The number of rotatable bonds is 21. The first-order valence-corrected chi connectivity index (χ1v) is 20.5. The van der Waals surface area contributed by atoms with Crippen LogP contribution in [0.5, 0.6) is 0 Å². The molecule has 1 saturated heterocycles. The largest absolute Gasteiger partial charge is 0.481 e. The number of phosphoric acid groups is 3. The molecule has 3 rings (SSSR count). The molecule has 0 aliphatic carbocycles. The van der Waals surface area contributed by atoms with Crippen LogP contribution in [-0.4, -0.2) is 124 Å². The van der Waals surface area contributed by atoms with Crippen LogP contribution in [0, 0.1) is 5.41 Å². The number of hydrogen-bond acceptors (Lipinski definition) is 18. The van der Waals surface area contributed by atoms with Crippen LogP contribution in [0.4, 0.5) is 5.82 Å². The molecule has 10 N–H and O–H groups in total. The lowest BCUT2D eigenvalue weighted by atomic mass is 9.87. The maximum absolute atomic E-state index is 12.7. The number of carbonyl (C=O) groups excluding carboxylic acids is 2. The predicted molar refractivity (Wildman–Crippen MR) is 184 cm³/mol. The zero-order valence-corrected chi connectivity index (χ0v) is 32.4. The number of hydrogen-bond donors (Lipinski definition) is 9. The number of nitrogens with two attached hydrogens (primary N) is 1. The molecule has 1 aliphatic heterocycles. The number of phosphoric ester groups is 3. The number of amides is 2. The second-order valence-electron chi connectivity index (χ2n) is 12.8. The number of nitrogen functional groups attached to an aromatic ring is 1. The number of nitrogens with zero attached hydrogens (tertiary/aromatic N) is 5. The highest BCUT2D eigenvalue weighted by Crippen LogP contribution is 2.61. The summed E-state index contributed by atoms with van der Waals surface area (Å²) >= 11 is 0. The first-order chi connectivity index (χ1) is 24.9. The number of nitrogens with one attached hydrogen (secondary N) is 2. The summed E-state index contributed by atoms with van der Waals surface area (Å²) in [6.45, 7) is 5.99. The molecule has 0 bridgehead atoms. The van der Waals surface area contributed by atoms with E-state index in [0.717, 1.165) is 17.2 Å². The molecule has 2 aromatic rings. The third-order valence-electron chi connectivity index (χ3n) is 7.31. The smallest absolute Gasteiger partial charge is 0.393 e. The van der Waals surface area contributed by atoms with E-state index in [1.165, 1.54) is 13.8 Å². The summed E-state index contributed by atoms with van der Waals surface area (Å²) in [4.78, 5) is 80.6. The third-order valence-corrected chi connectivity index (χ3v) is 10.4. The van der Waals surface area contributed by atoms with Crippen molar-refractivity contribution in [2.75, 3.05) is 32.0 Å². The van der Waals surface area contributed by atoms with Crippen molar-refractivity contribution in [3.8, 4) is 0 Å². The fraction of sp³-hybridized carbons (Fsp3) is 0.692. The predicted octanol–water partition coefficient (Wildman–Crippen LogP) is -0.404. The summed E-state index contributed by atoms with van der Waals surface area (Å²) in [7, 11) is -16.4. The number of carbonyl (C=O) groups is 2. The minimum atomic E-state index is -5.56. The van der Waals surface area contributed by atoms with Crippen LogP contribution < -0.4 is 16.4 Å². The first-order valence-electron chi connectivity index (χ1n) is 16.0. The molecule has 1 aliphatic rings. The average molecular weight is 835 g/mol. The van der Waals surface area contributed by atoms with Gasteiger partial charge in [0.2, 0.25) is 11.8 Å². The van der Waals surface area contributed by atoms with Gasteiger partial charge in [0.05, 0.1) is 25.3 Å². The molecule has 7 atom stereocenters. The molecular formula is C26H45N8O17P3. The van der Waals surface area contributed by atoms with Gasteiger partial charge in [0.15, 0.2) is 17.7 Å². The number of imidazole rings is 1. The van der Waals surface area contributed by atoms with E-state index in [9.17, 15) is 53.1 Å². The summed E-state index contributed by atoms with van der Waals surface area (Å²) in [5.74, 6) is -1.40. The number of fused-ring (bicyclic) bond motifs is 1. The molecule has 0 spiro atoms. The van der Waals surface area contributed by atoms with E-state index in [4.69, 9.17) is 24.4 Å². The molecule has 306 valence electrons. The summed E-state index contributed by atoms with van der Waals surface area (Å²) in [5, 5.41) is 30.3. The van der Waals surface area contributed by atoms with Crippen LogP contribution in [0.2, 0.25) is 0 Å². The van der Waals surface area contributed by atoms with E-state index in [-0.39, 0.29) is 42.6 Å². The highest BCUT2D eigenvalue weighted by atomic mass is 31.3. The zero-order chi connectivity index (χ0) is 40.6. The van der Waals surface area contributed by atoms with Gasteiger partial charge < -0.3 is 55.7 Å². The zero-order valence-electron chi connectivity index (χ0n) is 29.7. The SMILES string of the molecule is C/C(CCNC(=O)CCNC(=O)[C@H](O)C(C)(C)COP(=O)(O)OP(=O)(O)OCC1OC(n2cnc3c(N)ncnc32)C(O)C1OP(=O)(O)O)=N\OC(C)C. The number of anilines is 1. The van der Waals surface area contributed by atoms with E-state index in [1.807, 2.05) is 13.8 Å². The van der Waals surface area contributed by atoms with E-state index in [2.05, 4.69) is 39.6 Å². The third kappa shape index (κ3) is 13.6. The monoisotopic (exact) mass is 834 g/mol. The van der Waals surface area contributed by atoms with Crippen molar-refractivity contribution in [1.29, 1.82) is 0 Å². The Morgan fingerprint density at radius 2 is 1.70 bits per heavy atom. The van der Waals surface area contributed by atoms with Crippen molar-refractivity contribution in [2.24, 2.45) is 10.6 Å². The van der Waals surface area contributed by atoms with E-state index < -0.39 is 84.6 Å². The number of ether oxygens (including phenoxy) is 1. The number of aliphatic hydroxyl groups excluding tert-OH is 2. The molecule has 2 amide bonds. The van der Waals surface area contributed by atoms with Gasteiger partial charge in [0.1, 0.15) is 42.4 Å². The van der Waals surface area contributed by atoms with Crippen molar-refractivity contribution >= 4 is 58.0 Å². The van der Waals surface area contributed by atoms with E-state index >= 15 is 0 Å². The van der Waals surface area contributed by atoms with Crippen molar-refractivity contribution in [3.63, 3.8) is 0 Å². The van der Waals surface area contributed by atoms with Gasteiger partial charge >= 0.3 is 23.5 Å². The van der Waals surface area contributed by atoms with Gasteiger partial charge in [-0.05, 0) is 20.8 Å². The molecule has 6 unspecified atom stereocenters. The fourth-order valence-electron chi connectivity index (χ4n) is 4.56. The van der Waals surface area contributed by atoms with Crippen molar-refractivity contribution in [1.82, 2.24) is 30.2 Å². The molecule has 2 aromatic heterocycles. The minimum Gasteiger partial charge on any atom is -0.393 e. The standard InChI is InChI=1S/C26H45N8O17P3/c1-14(2)49-33-15(3)6-8-28-17(35)7-9-29-24(38)21(37)26(4,5)11-47-54(44,45)51-53(42,43)46-10-16-20(50-52(39,40)41)19(36)25(48-16)34-13-32-18-22(27)30-12-31-23(18)34/h12-14,16,19-21,25,36-37H,6-11H2,1-5H3,(H,28,35)(H,29,38)(H,42,43)(H,44,45)(H2,27,30,31)(H2,39,40,41)/b33-15+/t16?,19?,20?,21-,25?/m0/s1. The van der Waals surface area contributed by atoms with Crippen LogP contribution in [-0.2, 0) is 50.7 Å². The Morgan fingerprint density at radius 3 is 2.35 bits per heavy atom. The number of aromatic nitrogens is 4. The molecule has 25 nitrogen and oxygen atoms in total.